The molecule has 2 fully saturated rings. The third-order valence-electron chi connectivity index (χ3n) is 6.99. The molecule has 5 rings (SSSR count). The molecule has 35 heavy (non-hydrogen) atoms. The highest BCUT2D eigenvalue weighted by Crippen LogP contribution is 2.33. The summed E-state index contributed by atoms with van der Waals surface area (Å²) < 4.78 is 11.5. The number of amides is 1. The lowest BCUT2D eigenvalue weighted by Gasteiger charge is -2.38. The van der Waals surface area contributed by atoms with Crippen LogP contribution < -0.4 is 0 Å². The van der Waals surface area contributed by atoms with Crippen LogP contribution in [0, 0.1) is 18.8 Å². The Labute approximate surface area is 206 Å². The van der Waals surface area contributed by atoms with Crippen molar-refractivity contribution < 1.29 is 13.7 Å². The van der Waals surface area contributed by atoms with E-state index < -0.39 is 0 Å². The fourth-order valence-electron chi connectivity index (χ4n) is 5.29. The molecule has 186 valence electrons. The van der Waals surface area contributed by atoms with Gasteiger partial charge in [0, 0.05) is 44.8 Å². The Balaban J connectivity index is 1.16. The second-order valence-corrected chi connectivity index (χ2v) is 10.1. The molecule has 9 nitrogen and oxygen atoms in total. The van der Waals surface area contributed by atoms with Crippen LogP contribution in [0.4, 0.5) is 0 Å². The highest BCUT2D eigenvalue weighted by atomic mass is 16.5. The van der Waals surface area contributed by atoms with E-state index >= 15 is 0 Å². The SMILES string of the molecule is Cc1onc(-c2ccccc2)c1-c1nnc(CN2CCN(CC(=O)N3C[C@H](C)C[C@@H](C)C3)CC2)o1. The van der Waals surface area contributed by atoms with E-state index in [1.165, 1.54) is 6.42 Å². The van der Waals surface area contributed by atoms with Crippen molar-refractivity contribution in [2.24, 2.45) is 11.8 Å². The second kappa shape index (κ2) is 10.3. The third-order valence-corrected chi connectivity index (χ3v) is 6.99. The molecule has 2 aliphatic heterocycles. The minimum Gasteiger partial charge on any atom is -0.419 e. The van der Waals surface area contributed by atoms with Crippen LogP contribution >= 0.6 is 0 Å². The molecule has 0 bridgehead atoms. The maximum absolute atomic E-state index is 12.8. The monoisotopic (exact) mass is 478 g/mol. The molecular formula is C26H34N6O3. The number of carbonyl (C=O) groups excluding carboxylic acids is 1. The molecule has 0 radical (unpaired) electrons. The van der Waals surface area contributed by atoms with Crippen molar-refractivity contribution in [2.75, 3.05) is 45.8 Å². The van der Waals surface area contributed by atoms with E-state index in [2.05, 4.69) is 43.9 Å². The van der Waals surface area contributed by atoms with Gasteiger partial charge in [-0.1, -0.05) is 49.3 Å². The Morgan fingerprint density at radius 1 is 1.00 bits per heavy atom. The van der Waals surface area contributed by atoms with Gasteiger partial charge in [0.1, 0.15) is 17.0 Å². The summed E-state index contributed by atoms with van der Waals surface area (Å²) in [7, 11) is 0. The first-order valence-corrected chi connectivity index (χ1v) is 12.5. The normalized spacial score (nSPS) is 22.0. The van der Waals surface area contributed by atoms with Gasteiger partial charge in [-0.25, -0.2) is 0 Å². The van der Waals surface area contributed by atoms with E-state index in [9.17, 15) is 4.79 Å². The predicted octanol–water partition coefficient (Wildman–Crippen LogP) is 3.32. The van der Waals surface area contributed by atoms with Crippen molar-refractivity contribution in [1.82, 2.24) is 30.1 Å². The number of likely N-dealkylation sites (tertiary alicyclic amines) is 1. The lowest BCUT2D eigenvalue weighted by Crippen LogP contribution is -2.51. The predicted molar refractivity (Wildman–Crippen MR) is 131 cm³/mol. The van der Waals surface area contributed by atoms with Gasteiger partial charge in [-0.3, -0.25) is 14.6 Å². The molecule has 2 saturated heterocycles. The summed E-state index contributed by atoms with van der Waals surface area (Å²) in [6.45, 7) is 12.6. The van der Waals surface area contributed by atoms with Gasteiger partial charge in [0.2, 0.25) is 11.8 Å². The van der Waals surface area contributed by atoms with Crippen molar-refractivity contribution in [3.8, 4) is 22.7 Å². The van der Waals surface area contributed by atoms with E-state index in [1.54, 1.807) is 0 Å². The Morgan fingerprint density at radius 2 is 1.69 bits per heavy atom. The standard InChI is InChI=1S/C26H34N6O3/c1-18-13-19(2)15-32(14-18)23(33)17-31-11-9-30(10-12-31)16-22-27-28-26(34-22)24-20(3)35-29-25(24)21-7-5-4-6-8-21/h4-8,18-19H,9-17H2,1-3H3/t18-,19-/m1/s1. The molecule has 0 aliphatic carbocycles. The Morgan fingerprint density at radius 3 is 2.40 bits per heavy atom. The van der Waals surface area contributed by atoms with Crippen LogP contribution in [0.2, 0.25) is 0 Å². The average Bonchev–Trinajstić information content (AvgIpc) is 3.46. The molecule has 9 heteroatoms. The number of hydrogen-bond donors (Lipinski definition) is 0. The fourth-order valence-corrected chi connectivity index (χ4v) is 5.29. The number of carbonyl (C=O) groups is 1. The van der Waals surface area contributed by atoms with Gasteiger partial charge in [0.15, 0.2) is 0 Å². The highest BCUT2D eigenvalue weighted by Gasteiger charge is 2.28. The molecule has 2 atom stereocenters. The molecule has 4 heterocycles. The zero-order valence-electron chi connectivity index (χ0n) is 20.8. The van der Waals surface area contributed by atoms with Gasteiger partial charge in [-0.2, -0.15) is 0 Å². The van der Waals surface area contributed by atoms with Gasteiger partial charge < -0.3 is 13.8 Å². The van der Waals surface area contributed by atoms with E-state index in [0.29, 0.717) is 48.2 Å². The maximum Gasteiger partial charge on any atom is 0.253 e. The van der Waals surface area contributed by atoms with E-state index in [1.807, 2.05) is 37.3 Å². The highest BCUT2D eigenvalue weighted by molar-refractivity contribution is 5.78. The number of benzene rings is 1. The number of aromatic nitrogens is 3. The summed E-state index contributed by atoms with van der Waals surface area (Å²) in [6.07, 6.45) is 1.21. The van der Waals surface area contributed by atoms with Crippen molar-refractivity contribution in [1.29, 1.82) is 0 Å². The Hall–Kier alpha value is -3.04. The summed E-state index contributed by atoms with van der Waals surface area (Å²) in [6, 6.07) is 9.85. The molecule has 0 saturated carbocycles. The number of nitrogens with zero attached hydrogens (tertiary/aromatic N) is 6. The first-order chi connectivity index (χ1) is 17.0. The molecule has 0 N–H and O–H groups in total. The van der Waals surface area contributed by atoms with E-state index in [4.69, 9.17) is 8.94 Å². The fraction of sp³-hybridized carbons (Fsp3) is 0.538. The van der Waals surface area contributed by atoms with Gasteiger partial charge in [0.05, 0.1) is 13.1 Å². The Kier molecular flexibility index (Phi) is 6.97. The van der Waals surface area contributed by atoms with Crippen LogP contribution in [0.25, 0.3) is 22.7 Å². The Bertz CT molecular complexity index is 1130. The minimum absolute atomic E-state index is 0.261. The molecule has 2 aromatic heterocycles. The van der Waals surface area contributed by atoms with Gasteiger partial charge in [-0.15, -0.1) is 10.2 Å². The summed E-state index contributed by atoms with van der Waals surface area (Å²) >= 11 is 0. The molecule has 0 unspecified atom stereocenters. The van der Waals surface area contributed by atoms with Crippen molar-refractivity contribution in [3.05, 3.63) is 42.0 Å². The summed E-state index contributed by atoms with van der Waals surface area (Å²) in [5.41, 5.74) is 2.38. The van der Waals surface area contributed by atoms with Crippen molar-refractivity contribution in [3.63, 3.8) is 0 Å². The maximum atomic E-state index is 12.8. The van der Waals surface area contributed by atoms with Crippen molar-refractivity contribution >= 4 is 5.91 Å². The lowest BCUT2D eigenvalue weighted by atomic mass is 9.92. The number of hydrogen-bond acceptors (Lipinski definition) is 8. The smallest absolute Gasteiger partial charge is 0.253 e. The van der Waals surface area contributed by atoms with Crippen LogP contribution in [-0.4, -0.2) is 81.8 Å². The first kappa shape index (κ1) is 23.7. The molecular weight excluding hydrogens is 444 g/mol. The topological polar surface area (TPSA) is 91.7 Å². The summed E-state index contributed by atoms with van der Waals surface area (Å²) in [5.74, 6) is 3.08. The number of rotatable bonds is 6. The van der Waals surface area contributed by atoms with Gasteiger partial charge in [-0.05, 0) is 25.2 Å². The molecule has 3 aromatic rings. The van der Waals surface area contributed by atoms with Gasteiger partial charge >= 0.3 is 0 Å². The summed E-state index contributed by atoms with van der Waals surface area (Å²) in [4.78, 5) is 19.4. The van der Waals surface area contributed by atoms with Crippen LogP contribution in [0.5, 0.6) is 0 Å². The summed E-state index contributed by atoms with van der Waals surface area (Å²) in [5, 5.41) is 12.8. The van der Waals surface area contributed by atoms with Crippen LogP contribution in [0.1, 0.15) is 31.9 Å². The first-order valence-electron chi connectivity index (χ1n) is 12.5. The largest absolute Gasteiger partial charge is 0.419 e. The lowest BCUT2D eigenvalue weighted by molar-refractivity contribution is -0.135. The average molecular weight is 479 g/mol. The molecule has 1 amide bonds. The van der Waals surface area contributed by atoms with Gasteiger partial charge in [0.25, 0.3) is 5.89 Å². The zero-order chi connectivity index (χ0) is 24.4. The van der Waals surface area contributed by atoms with E-state index in [0.717, 1.165) is 50.4 Å². The molecule has 2 aliphatic rings. The molecule has 0 spiro atoms. The van der Waals surface area contributed by atoms with Crippen LogP contribution in [0.15, 0.2) is 39.3 Å². The quantitative estimate of drug-likeness (QED) is 0.533. The number of piperidine rings is 1. The van der Waals surface area contributed by atoms with Crippen LogP contribution in [-0.2, 0) is 11.3 Å². The second-order valence-electron chi connectivity index (χ2n) is 10.1. The van der Waals surface area contributed by atoms with E-state index in [-0.39, 0.29) is 5.91 Å². The van der Waals surface area contributed by atoms with Crippen molar-refractivity contribution in [2.45, 2.75) is 33.7 Å². The van der Waals surface area contributed by atoms with Crippen LogP contribution in [0.3, 0.4) is 0 Å². The number of aryl methyl sites for hydroxylation is 1. The minimum atomic E-state index is 0.261. The number of piperazine rings is 1. The third kappa shape index (κ3) is 5.46. The molecule has 1 aromatic carbocycles. The zero-order valence-corrected chi connectivity index (χ0v) is 20.8.